The van der Waals surface area contributed by atoms with Crippen molar-refractivity contribution < 1.29 is 9.21 Å². The van der Waals surface area contributed by atoms with Crippen LogP contribution >= 0.6 is 0 Å². The average Bonchev–Trinajstić information content (AvgIpc) is 3.15. The summed E-state index contributed by atoms with van der Waals surface area (Å²) >= 11 is 0. The fraction of sp³-hybridized carbons (Fsp3) is 0.190. The van der Waals surface area contributed by atoms with Crippen molar-refractivity contribution in [3.63, 3.8) is 0 Å². The summed E-state index contributed by atoms with van der Waals surface area (Å²) in [7, 11) is 0. The van der Waals surface area contributed by atoms with E-state index in [1.165, 1.54) is 5.56 Å². The highest BCUT2D eigenvalue weighted by atomic mass is 16.3. The van der Waals surface area contributed by atoms with Crippen molar-refractivity contribution in [2.75, 3.05) is 0 Å². The first kappa shape index (κ1) is 16.1. The minimum atomic E-state index is -0.267. The number of furan rings is 1. The molecule has 0 aliphatic heterocycles. The van der Waals surface area contributed by atoms with Gasteiger partial charge in [-0.05, 0) is 29.2 Å². The number of nitrogens with one attached hydrogen (secondary N) is 1. The summed E-state index contributed by atoms with van der Waals surface area (Å²) in [5.41, 5.74) is 2.18. The van der Waals surface area contributed by atoms with Gasteiger partial charge in [0.1, 0.15) is 11.8 Å². The SMILES string of the molecule is CC(CC(=O)NC(c1ccccc1)c1ccco1)c1ccccc1. The second kappa shape index (κ2) is 7.64. The summed E-state index contributed by atoms with van der Waals surface area (Å²) in [6.45, 7) is 2.07. The zero-order chi connectivity index (χ0) is 16.8. The van der Waals surface area contributed by atoms with E-state index in [-0.39, 0.29) is 17.9 Å². The highest BCUT2D eigenvalue weighted by Crippen LogP contribution is 2.24. The van der Waals surface area contributed by atoms with Gasteiger partial charge >= 0.3 is 0 Å². The van der Waals surface area contributed by atoms with Crippen LogP contribution in [0.2, 0.25) is 0 Å². The Kier molecular flexibility index (Phi) is 5.12. The van der Waals surface area contributed by atoms with E-state index in [2.05, 4.69) is 24.4 Å². The van der Waals surface area contributed by atoms with E-state index in [0.717, 1.165) is 11.3 Å². The van der Waals surface area contributed by atoms with Gasteiger partial charge in [0.2, 0.25) is 5.91 Å². The van der Waals surface area contributed by atoms with Crippen molar-refractivity contribution in [3.05, 3.63) is 95.9 Å². The molecule has 2 unspecified atom stereocenters. The van der Waals surface area contributed by atoms with Crippen LogP contribution in [0.15, 0.2) is 83.5 Å². The summed E-state index contributed by atoms with van der Waals surface area (Å²) in [5.74, 6) is 0.915. The standard InChI is InChI=1S/C21H21NO2/c1-16(17-9-4-2-5-10-17)15-20(23)22-21(19-13-8-14-24-19)18-11-6-3-7-12-18/h2-14,16,21H,15H2,1H3,(H,22,23). The minimum Gasteiger partial charge on any atom is -0.467 e. The minimum absolute atomic E-state index is 0.0107. The Labute approximate surface area is 142 Å². The number of carbonyl (C=O) groups excluding carboxylic acids is 1. The summed E-state index contributed by atoms with van der Waals surface area (Å²) in [4.78, 5) is 12.6. The number of benzene rings is 2. The fourth-order valence-corrected chi connectivity index (χ4v) is 2.82. The molecule has 1 aromatic heterocycles. The van der Waals surface area contributed by atoms with E-state index in [0.29, 0.717) is 6.42 Å². The first-order valence-corrected chi connectivity index (χ1v) is 8.16. The van der Waals surface area contributed by atoms with Gasteiger partial charge in [0, 0.05) is 6.42 Å². The number of hydrogen-bond donors (Lipinski definition) is 1. The number of rotatable bonds is 6. The molecule has 0 bridgehead atoms. The highest BCUT2D eigenvalue weighted by molar-refractivity contribution is 5.77. The molecule has 0 saturated carbocycles. The average molecular weight is 319 g/mol. The van der Waals surface area contributed by atoms with E-state index in [1.54, 1.807) is 6.26 Å². The first-order valence-electron chi connectivity index (χ1n) is 8.16. The van der Waals surface area contributed by atoms with Crippen LogP contribution in [0.1, 0.15) is 42.2 Å². The maximum Gasteiger partial charge on any atom is 0.221 e. The summed E-state index contributed by atoms with van der Waals surface area (Å²) in [6, 6.07) is 23.4. The monoisotopic (exact) mass is 319 g/mol. The molecule has 24 heavy (non-hydrogen) atoms. The van der Waals surface area contributed by atoms with Crippen LogP contribution in [-0.4, -0.2) is 5.91 Å². The maximum atomic E-state index is 12.6. The molecule has 1 heterocycles. The molecule has 122 valence electrons. The van der Waals surface area contributed by atoms with Crippen molar-refractivity contribution in [1.82, 2.24) is 5.32 Å². The van der Waals surface area contributed by atoms with Gasteiger partial charge in [0.25, 0.3) is 0 Å². The third-order valence-corrected chi connectivity index (χ3v) is 4.13. The van der Waals surface area contributed by atoms with Gasteiger partial charge < -0.3 is 9.73 Å². The van der Waals surface area contributed by atoms with E-state index in [4.69, 9.17) is 4.42 Å². The molecule has 3 aromatic rings. The van der Waals surface area contributed by atoms with E-state index >= 15 is 0 Å². The lowest BCUT2D eigenvalue weighted by molar-refractivity contribution is -0.122. The van der Waals surface area contributed by atoms with Gasteiger partial charge in [-0.1, -0.05) is 67.6 Å². The summed E-state index contributed by atoms with van der Waals surface area (Å²) in [6.07, 6.45) is 2.07. The Morgan fingerprint density at radius 3 is 2.12 bits per heavy atom. The molecule has 3 rings (SSSR count). The molecule has 3 nitrogen and oxygen atoms in total. The lowest BCUT2D eigenvalue weighted by atomic mass is 9.97. The Morgan fingerprint density at radius 1 is 0.917 bits per heavy atom. The zero-order valence-corrected chi connectivity index (χ0v) is 13.7. The van der Waals surface area contributed by atoms with Crippen LogP contribution in [0, 0.1) is 0 Å². The molecule has 0 aliphatic rings. The van der Waals surface area contributed by atoms with Crippen LogP contribution in [0.5, 0.6) is 0 Å². The lowest BCUT2D eigenvalue weighted by Gasteiger charge is -2.19. The maximum absolute atomic E-state index is 12.6. The largest absolute Gasteiger partial charge is 0.467 e. The zero-order valence-electron chi connectivity index (χ0n) is 13.7. The molecular weight excluding hydrogens is 298 g/mol. The molecule has 0 saturated heterocycles. The topological polar surface area (TPSA) is 42.2 Å². The normalized spacial score (nSPS) is 13.2. The van der Waals surface area contributed by atoms with Gasteiger partial charge in [-0.25, -0.2) is 0 Å². The molecule has 1 N–H and O–H groups in total. The van der Waals surface area contributed by atoms with Gasteiger partial charge in [-0.3, -0.25) is 4.79 Å². The molecule has 2 aromatic carbocycles. The van der Waals surface area contributed by atoms with Gasteiger partial charge in [0.15, 0.2) is 0 Å². The first-order chi connectivity index (χ1) is 11.7. The van der Waals surface area contributed by atoms with Crippen LogP contribution < -0.4 is 5.32 Å². The molecule has 0 spiro atoms. The Morgan fingerprint density at radius 2 is 1.54 bits per heavy atom. The Hall–Kier alpha value is -2.81. The van der Waals surface area contributed by atoms with Crippen LogP contribution in [0.3, 0.4) is 0 Å². The molecular formula is C21H21NO2. The number of hydrogen-bond acceptors (Lipinski definition) is 2. The van der Waals surface area contributed by atoms with E-state index < -0.39 is 0 Å². The van der Waals surface area contributed by atoms with Crippen molar-refractivity contribution in [3.8, 4) is 0 Å². The summed E-state index contributed by atoms with van der Waals surface area (Å²) < 4.78 is 5.53. The second-order valence-electron chi connectivity index (χ2n) is 5.94. The van der Waals surface area contributed by atoms with Crippen LogP contribution in [0.25, 0.3) is 0 Å². The third-order valence-electron chi connectivity index (χ3n) is 4.13. The summed E-state index contributed by atoms with van der Waals surface area (Å²) in [5, 5.41) is 3.10. The van der Waals surface area contributed by atoms with Crippen LogP contribution in [0.4, 0.5) is 0 Å². The van der Waals surface area contributed by atoms with Gasteiger partial charge in [0.05, 0.1) is 6.26 Å². The Bertz CT molecular complexity index is 751. The fourth-order valence-electron chi connectivity index (χ4n) is 2.82. The molecule has 3 heteroatoms. The quantitative estimate of drug-likeness (QED) is 0.717. The Balaban J connectivity index is 1.72. The predicted molar refractivity (Wildman–Crippen MR) is 94.6 cm³/mol. The lowest BCUT2D eigenvalue weighted by Crippen LogP contribution is -2.29. The smallest absolute Gasteiger partial charge is 0.221 e. The van der Waals surface area contributed by atoms with Gasteiger partial charge in [-0.2, -0.15) is 0 Å². The van der Waals surface area contributed by atoms with Gasteiger partial charge in [-0.15, -0.1) is 0 Å². The molecule has 2 atom stereocenters. The molecule has 0 radical (unpaired) electrons. The van der Waals surface area contributed by atoms with Crippen LogP contribution in [-0.2, 0) is 4.79 Å². The van der Waals surface area contributed by atoms with E-state index in [1.807, 2.05) is 60.7 Å². The predicted octanol–water partition coefficient (Wildman–Crippen LogP) is 4.68. The molecule has 0 aliphatic carbocycles. The molecule has 0 fully saturated rings. The van der Waals surface area contributed by atoms with Crippen molar-refractivity contribution in [1.29, 1.82) is 0 Å². The number of amides is 1. The second-order valence-corrected chi connectivity index (χ2v) is 5.94. The number of carbonyl (C=O) groups is 1. The van der Waals surface area contributed by atoms with E-state index in [9.17, 15) is 4.79 Å². The highest BCUT2D eigenvalue weighted by Gasteiger charge is 2.20. The van der Waals surface area contributed by atoms with Crippen molar-refractivity contribution in [2.45, 2.75) is 25.3 Å². The molecule has 1 amide bonds. The third kappa shape index (κ3) is 3.93. The van der Waals surface area contributed by atoms with Crippen molar-refractivity contribution >= 4 is 5.91 Å². The van der Waals surface area contributed by atoms with Crippen molar-refractivity contribution in [2.24, 2.45) is 0 Å².